The van der Waals surface area contributed by atoms with E-state index >= 15 is 0 Å². The van der Waals surface area contributed by atoms with Gasteiger partial charge in [0.15, 0.2) is 5.58 Å². The number of pyridine rings is 1. The van der Waals surface area contributed by atoms with Gasteiger partial charge in [-0.3, -0.25) is 9.59 Å². The van der Waals surface area contributed by atoms with Crippen LogP contribution in [0.1, 0.15) is 48.0 Å². The van der Waals surface area contributed by atoms with E-state index in [-0.39, 0.29) is 40.7 Å². The Bertz CT molecular complexity index is 1820. The van der Waals surface area contributed by atoms with Crippen molar-refractivity contribution in [2.75, 3.05) is 0 Å². The fourth-order valence-electron chi connectivity index (χ4n) is 5.52. The number of nitrogens with one attached hydrogen (secondary N) is 1. The Balaban J connectivity index is 1.44. The van der Waals surface area contributed by atoms with E-state index in [0.717, 1.165) is 25.7 Å². The van der Waals surface area contributed by atoms with E-state index in [9.17, 15) is 24.6 Å². The van der Waals surface area contributed by atoms with Crippen LogP contribution in [0.2, 0.25) is 0 Å². The standard InChI is InChI=1S/C33H30N2O7/c36-22-13-11-20(12-14-22)17-27(33(39)40)34-30(37)26-19-25(21-7-3-1-4-8-21)31(38)35-28-18-24(15-16-29(28)42-32(26)35)41-23-9-5-2-6-10-23/h1,3-4,7-8,11-16,18-19,23,27,36H,2,5-6,9-10,17H2,(H,34,37)(H,39,40)/t27-/m0/s1. The molecule has 1 aliphatic rings. The number of hydrogen-bond acceptors (Lipinski definition) is 6. The van der Waals surface area contributed by atoms with Crippen LogP contribution in [0.15, 0.2) is 88.1 Å². The van der Waals surface area contributed by atoms with Gasteiger partial charge in [-0.15, -0.1) is 0 Å². The first-order valence-corrected chi connectivity index (χ1v) is 14.0. The summed E-state index contributed by atoms with van der Waals surface area (Å²) in [6.07, 6.45) is 5.47. The summed E-state index contributed by atoms with van der Waals surface area (Å²) in [5.74, 6) is -1.26. The van der Waals surface area contributed by atoms with Crippen LogP contribution in [0, 0.1) is 0 Å². The molecule has 0 aliphatic heterocycles. The lowest BCUT2D eigenvalue weighted by atomic mass is 9.98. The van der Waals surface area contributed by atoms with Gasteiger partial charge in [0.05, 0.1) is 11.6 Å². The van der Waals surface area contributed by atoms with Crippen molar-refractivity contribution >= 4 is 28.7 Å². The zero-order chi connectivity index (χ0) is 29.2. The summed E-state index contributed by atoms with van der Waals surface area (Å²) in [5, 5.41) is 22.1. The molecule has 42 heavy (non-hydrogen) atoms. The third-order valence-corrected chi connectivity index (χ3v) is 7.70. The number of carboxylic acid groups (broad SMARTS) is 1. The van der Waals surface area contributed by atoms with Gasteiger partial charge < -0.3 is 24.7 Å². The number of oxazole rings is 1. The van der Waals surface area contributed by atoms with Gasteiger partial charge in [0.25, 0.3) is 11.5 Å². The van der Waals surface area contributed by atoms with Gasteiger partial charge in [0, 0.05) is 18.1 Å². The summed E-state index contributed by atoms with van der Waals surface area (Å²) >= 11 is 0. The van der Waals surface area contributed by atoms with Gasteiger partial charge in [-0.1, -0.05) is 48.9 Å². The average molecular weight is 567 g/mol. The Morgan fingerprint density at radius 3 is 2.43 bits per heavy atom. The predicted molar refractivity (Wildman–Crippen MR) is 157 cm³/mol. The Morgan fingerprint density at radius 2 is 1.71 bits per heavy atom. The molecule has 1 saturated carbocycles. The molecule has 5 aromatic rings. The molecule has 0 bridgehead atoms. The number of fused-ring (bicyclic) bond motifs is 3. The number of hydrogen-bond donors (Lipinski definition) is 3. The van der Waals surface area contributed by atoms with Crippen LogP contribution in [0.5, 0.6) is 11.5 Å². The van der Waals surface area contributed by atoms with Crippen LogP contribution in [0.25, 0.3) is 27.9 Å². The third-order valence-electron chi connectivity index (χ3n) is 7.70. The van der Waals surface area contributed by atoms with Gasteiger partial charge >= 0.3 is 5.97 Å². The van der Waals surface area contributed by atoms with Gasteiger partial charge in [-0.25, -0.2) is 9.20 Å². The van der Waals surface area contributed by atoms with Crippen LogP contribution in [-0.2, 0) is 11.2 Å². The Morgan fingerprint density at radius 1 is 0.976 bits per heavy atom. The van der Waals surface area contributed by atoms with Crippen LogP contribution in [0.4, 0.5) is 0 Å². The van der Waals surface area contributed by atoms with Crippen molar-refractivity contribution in [1.82, 2.24) is 9.72 Å². The number of phenols is 1. The maximum absolute atomic E-state index is 13.9. The molecular weight excluding hydrogens is 536 g/mol. The number of ether oxygens (including phenoxy) is 1. The molecule has 2 aromatic heterocycles. The lowest BCUT2D eigenvalue weighted by Crippen LogP contribution is -2.42. The minimum atomic E-state index is -1.27. The fraction of sp³-hybridized carbons (Fsp3) is 0.242. The van der Waals surface area contributed by atoms with Gasteiger partial charge in [0.2, 0.25) is 5.71 Å². The molecule has 6 rings (SSSR count). The molecule has 214 valence electrons. The van der Waals surface area contributed by atoms with Gasteiger partial charge in [-0.2, -0.15) is 0 Å². The first-order valence-electron chi connectivity index (χ1n) is 14.0. The molecule has 1 fully saturated rings. The molecule has 3 N–H and O–H groups in total. The van der Waals surface area contributed by atoms with Crippen molar-refractivity contribution in [2.45, 2.75) is 50.7 Å². The Labute approximate surface area is 241 Å². The molecule has 0 unspecified atom stereocenters. The van der Waals surface area contributed by atoms with E-state index in [1.54, 1.807) is 54.6 Å². The second-order valence-corrected chi connectivity index (χ2v) is 10.6. The van der Waals surface area contributed by atoms with Crippen molar-refractivity contribution in [3.63, 3.8) is 0 Å². The Kier molecular flexibility index (Phi) is 7.39. The number of phenolic OH excluding ortho intramolecular Hbond substituents is 1. The first-order chi connectivity index (χ1) is 20.4. The maximum atomic E-state index is 13.9. The molecule has 2 heterocycles. The van der Waals surface area contributed by atoms with Crippen molar-refractivity contribution in [1.29, 1.82) is 0 Å². The van der Waals surface area contributed by atoms with E-state index in [2.05, 4.69) is 5.32 Å². The van der Waals surface area contributed by atoms with E-state index < -0.39 is 17.9 Å². The molecule has 0 saturated heterocycles. The third kappa shape index (κ3) is 5.45. The molecule has 1 aliphatic carbocycles. The summed E-state index contributed by atoms with van der Waals surface area (Å²) in [6, 6.07) is 20.5. The van der Waals surface area contributed by atoms with E-state index in [0.29, 0.717) is 28.0 Å². The van der Waals surface area contributed by atoms with Crippen molar-refractivity contribution in [2.24, 2.45) is 0 Å². The monoisotopic (exact) mass is 566 g/mol. The largest absolute Gasteiger partial charge is 0.508 e. The van der Waals surface area contributed by atoms with Crippen molar-refractivity contribution in [3.05, 3.63) is 100 Å². The highest BCUT2D eigenvalue weighted by molar-refractivity contribution is 6.03. The lowest BCUT2D eigenvalue weighted by molar-refractivity contribution is -0.139. The Hall–Kier alpha value is -5.05. The summed E-state index contributed by atoms with van der Waals surface area (Å²) < 4.78 is 13.7. The van der Waals surface area contributed by atoms with E-state index in [1.165, 1.54) is 29.0 Å². The summed E-state index contributed by atoms with van der Waals surface area (Å²) in [5.41, 5.74) is 2.00. The number of nitrogens with zero attached hydrogens (tertiary/aromatic N) is 1. The SMILES string of the molecule is O=C(N[C@@H](Cc1ccc(O)cc1)C(=O)O)c1cc(-c2ccccc2)c(=O)n2c1oc1ccc(OC3CCCCC3)cc12. The fourth-order valence-corrected chi connectivity index (χ4v) is 5.52. The maximum Gasteiger partial charge on any atom is 0.326 e. The van der Waals surface area contributed by atoms with Crippen molar-refractivity contribution < 1.29 is 29.0 Å². The number of rotatable bonds is 8. The topological polar surface area (TPSA) is 130 Å². The highest BCUT2D eigenvalue weighted by atomic mass is 16.5. The highest BCUT2D eigenvalue weighted by Crippen LogP contribution is 2.30. The number of carboxylic acids is 1. The lowest BCUT2D eigenvalue weighted by Gasteiger charge is -2.22. The van der Waals surface area contributed by atoms with Gasteiger partial charge in [0.1, 0.15) is 23.1 Å². The molecule has 1 amide bonds. The zero-order valence-corrected chi connectivity index (χ0v) is 22.8. The molecule has 3 aromatic carbocycles. The smallest absolute Gasteiger partial charge is 0.326 e. The summed E-state index contributed by atoms with van der Waals surface area (Å²) in [4.78, 5) is 39.7. The van der Waals surface area contributed by atoms with E-state index in [4.69, 9.17) is 9.15 Å². The molecule has 9 nitrogen and oxygen atoms in total. The average Bonchev–Trinajstić information content (AvgIpc) is 3.38. The van der Waals surface area contributed by atoms with Crippen LogP contribution in [-0.4, -0.2) is 38.6 Å². The summed E-state index contributed by atoms with van der Waals surface area (Å²) in [6.45, 7) is 0. The van der Waals surface area contributed by atoms with Crippen LogP contribution < -0.4 is 15.6 Å². The zero-order valence-electron chi connectivity index (χ0n) is 22.8. The molecule has 9 heteroatoms. The second kappa shape index (κ2) is 11.4. The minimum absolute atomic E-state index is 0.00911. The molecule has 1 atom stereocenters. The predicted octanol–water partition coefficient (Wildman–Crippen LogP) is 5.56. The van der Waals surface area contributed by atoms with Gasteiger partial charge in [-0.05, 0) is 67.1 Å². The minimum Gasteiger partial charge on any atom is -0.508 e. The normalized spacial score (nSPS) is 14.6. The number of benzene rings is 3. The number of carbonyl (C=O) groups excluding carboxylic acids is 1. The second-order valence-electron chi connectivity index (χ2n) is 10.6. The first kappa shape index (κ1) is 27.1. The number of carbonyl (C=O) groups is 2. The number of amides is 1. The molecule has 0 spiro atoms. The highest BCUT2D eigenvalue weighted by Gasteiger charge is 2.26. The number of aromatic hydroxyl groups is 1. The van der Waals surface area contributed by atoms with Crippen LogP contribution in [0.3, 0.4) is 0 Å². The number of aliphatic carboxylic acids is 1. The summed E-state index contributed by atoms with van der Waals surface area (Å²) in [7, 11) is 0. The number of aromatic nitrogens is 1. The molecular formula is C33H30N2O7. The quantitative estimate of drug-likeness (QED) is 0.224. The molecule has 0 radical (unpaired) electrons. The van der Waals surface area contributed by atoms with E-state index in [1.807, 2.05) is 6.07 Å². The van der Waals surface area contributed by atoms with Crippen molar-refractivity contribution in [3.8, 4) is 22.6 Å². The van der Waals surface area contributed by atoms with Crippen LogP contribution >= 0.6 is 0 Å².